The van der Waals surface area contributed by atoms with Crippen molar-refractivity contribution in [3.63, 3.8) is 0 Å². The highest BCUT2D eigenvalue weighted by Gasteiger charge is 2.25. The van der Waals surface area contributed by atoms with Gasteiger partial charge in [-0.15, -0.1) is 0 Å². The summed E-state index contributed by atoms with van der Waals surface area (Å²) in [7, 11) is 0. The molecule has 1 heterocycles. The first-order chi connectivity index (χ1) is 9.04. The summed E-state index contributed by atoms with van der Waals surface area (Å²) in [4.78, 5) is 2.41. The van der Waals surface area contributed by atoms with E-state index in [0.29, 0.717) is 5.84 Å². The number of amidine groups is 1. The Hall–Kier alpha value is -1.71. The van der Waals surface area contributed by atoms with Crippen LogP contribution < -0.4 is 10.6 Å². The minimum Gasteiger partial charge on any atom is -0.409 e. The molecule has 4 heteroatoms. The highest BCUT2D eigenvalue weighted by molar-refractivity contribution is 5.85. The van der Waals surface area contributed by atoms with Gasteiger partial charge in [0.15, 0.2) is 0 Å². The average molecular weight is 261 g/mol. The van der Waals surface area contributed by atoms with E-state index < -0.39 is 0 Å². The molecule has 1 aliphatic heterocycles. The zero-order valence-electron chi connectivity index (χ0n) is 11.8. The lowest BCUT2D eigenvalue weighted by molar-refractivity contribution is 0.305. The van der Waals surface area contributed by atoms with Crippen LogP contribution in [0.3, 0.4) is 0 Å². The fourth-order valence-electron chi connectivity index (χ4n) is 2.52. The second-order valence-corrected chi connectivity index (χ2v) is 5.84. The molecule has 0 saturated heterocycles. The summed E-state index contributed by atoms with van der Waals surface area (Å²) >= 11 is 0. The minimum absolute atomic E-state index is 0.277. The van der Waals surface area contributed by atoms with E-state index in [9.17, 15) is 0 Å². The van der Waals surface area contributed by atoms with Gasteiger partial charge in [-0.25, -0.2) is 0 Å². The molecule has 1 aromatic rings. The molecule has 0 bridgehead atoms. The van der Waals surface area contributed by atoms with Gasteiger partial charge >= 0.3 is 0 Å². The molecule has 1 aliphatic rings. The number of benzene rings is 1. The third-order valence-corrected chi connectivity index (χ3v) is 4.01. The van der Waals surface area contributed by atoms with E-state index in [-0.39, 0.29) is 5.41 Å². The SMILES string of the molecule is CC(C)(CCN1CCCc2ccccc21)C(N)=NO. The molecule has 3 N–H and O–H groups in total. The van der Waals surface area contributed by atoms with Crippen LogP contribution in [0.1, 0.15) is 32.3 Å². The number of hydrogen-bond donors (Lipinski definition) is 2. The van der Waals surface area contributed by atoms with Crippen LogP contribution in [0.15, 0.2) is 29.4 Å². The minimum atomic E-state index is -0.277. The molecule has 0 spiro atoms. The van der Waals surface area contributed by atoms with E-state index in [1.54, 1.807) is 0 Å². The largest absolute Gasteiger partial charge is 0.409 e. The first-order valence-corrected chi connectivity index (χ1v) is 6.85. The molecule has 0 aromatic heterocycles. The number of aryl methyl sites for hydroxylation is 1. The summed E-state index contributed by atoms with van der Waals surface area (Å²) in [6.07, 6.45) is 3.23. The molecule has 2 rings (SSSR count). The number of nitrogens with zero attached hydrogens (tertiary/aromatic N) is 2. The Bertz CT molecular complexity index is 468. The monoisotopic (exact) mass is 261 g/mol. The van der Waals surface area contributed by atoms with E-state index >= 15 is 0 Å². The topological polar surface area (TPSA) is 61.8 Å². The van der Waals surface area contributed by atoms with Gasteiger partial charge in [-0.1, -0.05) is 37.2 Å². The first kappa shape index (κ1) is 13.7. The molecule has 1 aromatic carbocycles. The van der Waals surface area contributed by atoms with E-state index in [4.69, 9.17) is 10.9 Å². The van der Waals surface area contributed by atoms with Crippen LogP contribution in [-0.4, -0.2) is 24.1 Å². The van der Waals surface area contributed by atoms with Crippen molar-refractivity contribution in [2.75, 3.05) is 18.0 Å². The molecule has 0 saturated carbocycles. The normalized spacial score (nSPS) is 16.3. The Labute approximate surface area is 114 Å². The third kappa shape index (κ3) is 3.00. The van der Waals surface area contributed by atoms with Crippen molar-refractivity contribution in [3.05, 3.63) is 29.8 Å². The summed E-state index contributed by atoms with van der Waals surface area (Å²) in [6.45, 7) is 6.04. The maximum Gasteiger partial charge on any atom is 0.144 e. The van der Waals surface area contributed by atoms with Gasteiger partial charge in [0.2, 0.25) is 0 Å². The molecule has 104 valence electrons. The van der Waals surface area contributed by atoms with Crippen molar-refractivity contribution >= 4 is 11.5 Å². The van der Waals surface area contributed by atoms with Gasteiger partial charge in [0, 0.05) is 24.2 Å². The maximum absolute atomic E-state index is 8.81. The first-order valence-electron chi connectivity index (χ1n) is 6.85. The number of para-hydroxylation sites is 1. The summed E-state index contributed by atoms with van der Waals surface area (Å²) in [6, 6.07) is 8.58. The second-order valence-electron chi connectivity index (χ2n) is 5.84. The van der Waals surface area contributed by atoms with Gasteiger partial charge in [-0.3, -0.25) is 0 Å². The van der Waals surface area contributed by atoms with Crippen molar-refractivity contribution in [2.45, 2.75) is 33.1 Å². The van der Waals surface area contributed by atoms with Crippen LogP contribution in [0.5, 0.6) is 0 Å². The predicted molar refractivity (Wildman–Crippen MR) is 78.8 cm³/mol. The summed E-state index contributed by atoms with van der Waals surface area (Å²) < 4.78 is 0. The summed E-state index contributed by atoms with van der Waals surface area (Å²) in [5.41, 5.74) is 8.23. The van der Waals surface area contributed by atoms with Crippen LogP contribution in [0, 0.1) is 5.41 Å². The predicted octanol–water partition coefficient (Wildman–Crippen LogP) is 2.60. The zero-order valence-corrected chi connectivity index (χ0v) is 11.8. The average Bonchev–Trinajstić information content (AvgIpc) is 2.44. The molecule has 0 fully saturated rings. The second kappa shape index (κ2) is 5.51. The molecule has 19 heavy (non-hydrogen) atoms. The highest BCUT2D eigenvalue weighted by Crippen LogP contribution is 2.29. The van der Waals surface area contributed by atoms with E-state index in [0.717, 1.165) is 25.9 Å². The van der Waals surface area contributed by atoms with E-state index in [2.05, 4.69) is 34.3 Å². The van der Waals surface area contributed by atoms with Crippen molar-refractivity contribution < 1.29 is 5.21 Å². The molecule has 0 amide bonds. The lowest BCUT2D eigenvalue weighted by atomic mass is 9.87. The number of anilines is 1. The van der Waals surface area contributed by atoms with Crippen LogP contribution in [0.2, 0.25) is 0 Å². The van der Waals surface area contributed by atoms with Gasteiger partial charge < -0.3 is 15.8 Å². The number of hydrogen-bond acceptors (Lipinski definition) is 3. The van der Waals surface area contributed by atoms with Crippen LogP contribution in [-0.2, 0) is 6.42 Å². The van der Waals surface area contributed by atoms with Crippen LogP contribution >= 0.6 is 0 Å². The van der Waals surface area contributed by atoms with Crippen molar-refractivity contribution in [1.29, 1.82) is 0 Å². The molecular formula is C15H23N3O. The fraction of sp³-hybridized carbons (Fsp3) is 0.533. The number of fused-ring (bicyclic) bond motifs is 1. The van der Waals surface area contributed by atoms with Gasteiger partial charge in [0.1, 0.15) is 5.84 Å². The van der Waals surface area contributed by atoms with Gasteiger partial charge in [0.25, 0.3) is 0 Å². The Morgan fingerprint density at radius 3 is 2.89 bits per heavy atom. The van der Waals surface area contributed by atoms with Crippen LogP contribution in [0.25, 0.3) is 0 Å². The zero-order chi connectivity index (χ0) is 13.9. The van der Waals surface area contributed by atoms with Gasteiger partial charge in [-0.2, -0.15) is 0 Å². The maximum atomic E-state index is 8.81. The number of oxime groups is 1. The van der Waals surface area contributed by atoms with E-state index in [1.807, 2.05) is 13.8 Å². The standard InChI is InChI=1S/C15H23N3O/c1-15(2,14(16)17-19)9-11-18-10-5-7-12-6-3-4-8-13(12)18/h3-4,6,8,19H,5,7,9-11H2,1-2H3,(H2,16,17). The Morgan fingerprint density at radius 1 is 1.42 bits per heavy atom. The van der Waals surface area contributed by atoms with E-state index in [1.165, 1.54) is 17.7 Å². The third-order valence-electron chi connectivity index (χ3n) is 4.01. The van der Waals surface area contributed by atoms with Gasteiger partial charge in [-0.05, 0) is 30.9 Å². The van der Waals surface area contributed by atoms with Crippen molar-refractivity contribution in [3.8, 4) is 0 Å². The lowest BCUT2D eigenvalue weighted by Gasteiger charge is -2.34. The van der Waals surface area contributed by atoms with Crippen molar-refractivity contribution in [2.24, 2.45) is 16.3 Å². The summed E-state index contributed by atoms with van der Waals surface area (Å²) in [5, 5.41) is 12.0. The lowest BCUT2D eigenvalue weighted by Crippen LogP contribution is -2.38. The summed E-state index contributed by atoms with van der Waals surface area (Å²) in [5.74, 6) is 0.304. The smallest absolute Gasteiger partial charge is 0.144 e. The molecule has 0 atom stereocenters. The quantitative estimate of drug-likeness (QED) is 0.379. The van der Waals surface area contributed by atoms with Crippen molar-refractivity contribution in [1.82, 2.24) is 0 Å². The molecule has 0 radical (unpaired) electrons. The highest BCUT2D eigenvalue weighted by atomic mass is 16.4. The Balaban J connectivity index is 2.06. The molecule has 0 aliphatic carbocycles. The fourth-order valence-corrected chi connectivity index (χ4v) is 2.52. The molecule has 0 unspecified atom stereocenters. The van der Waals surface area contributed by atoms with Crippen LogP contribution in [0.4, 0.5) is 5.69 Å². The Morgan fingerprint density at radius 2 is 2.16 bits per heavy atom. The van der Waals surface area contributed by atoms with Gasteiger partial charge in [0.05, 0.1) is 0 Å². The number of rotatable bonds is 4. The number of nitrogens with two attached hydrogens (primary N) is 1. The molecule has 4 nitrogen and oxygen atoms in total. The Kier molecular flexibility index (Phi) is 3.98. The molecular weight excluding hydrogens is 238 g/mol.